The largest absolute Gasteiger partial charge is 0.481 e. The summed E-state index contributed by atoms with van der Waals surface area (Å²) in [6.45, 7) is 8.78. The Balaban J connectivity index is -0.000000278. The number of carboxylic acid groups (broad SMARTS) is 8. The fourth-order valence-electron chi connectivity index (χ4n) is 3.97. The third-order valence-electron chi connectivity index (χ3n) is 6.94. The summed E-state index contributed by atoms with van der Waals surface area (Å²) in [5, 5.41) is 88.7. The lowest BCUT2D eigenvalue weighted by Crippen LogP contribution is -2.58. The Kier molecular flexibility index (Phi) is 21.8. The maximum Gasteiger partial charge on any atom is 0.337 e. The first-order valence-corrected chi connectivity index (χ1v) is 13.1. The van der Waals surface area contributed by atoms with Crippen LogP contribution in [0.15, 0.2) is 0 Å². The van der Waals surface area contributed by atoms with Crippen molar-refractivity contribution in [1.82, 2.24) is 0 Å². The molecule has 0 rings (SSSR count). The van der Waals surface area contributed by atoms with Gasteiger partial charge in [0.15, 0.2) is 11.2 Å². The van der Waals surface area contributed by atoms with Crippen molar-refractivity contribution in [2.24, 2.45) is 10.8 Å². The quantitative estimate of drug-likeness (QED) is 0.113. The molecule has 0 heterocycles. The van der Waals surface area contributed by atoms with Crippen LogP contribution in [0.1, 0.15) is 92.9 Å². The molecule has 18 nitrogen and oxygen atoms in total. The molecule has 0 aromatic rings. The highest BCUT2D eigenvalue weighted by Gasteiger charge is 2.61. The lowest BCUT2D eigenvalue weighted by atomic mass is 9.66. The van der Waals surface area contributed by atoms with E-state index in [9.17, 15) is 48.6 Å². The number of hydrogen-bond acceptors (Lipinski definition) is 10. The standard InChI is InChI=1S/2C10H16O7.2C3H6O2/c2*1-3-9(4-2,7(13)14)10(17,8(15)16)5-6(11)12;2*1-2-3(4)5/h2*17H,3-5H2,1-2H3,(H,11,12)(H,13,14)(H,15,16);2*2H2,1H3,(H,4,5). The Morgan fingerprint density at radius 1 is 0.386 bits per heavy atom. The van der Waals surface area contributed by atoms with Crippen molar-refractivity contribution < 1.29 is 89.4 Å². The molecule has 44 heavy (non-hydrogen) atoms. The second-order valence-electron chi connectivity index (χ2n) is 9.16. The Hall–Kier alpha value is -4.32. The molecule has 0 aromatic carbocycles. The molecule has 0 spiro atoms. The molecule has 10 N–H and O–H groups in total. The first kappa shape index (κ1) is 46.6. The Bertz CT molecular complexity index is 930. The molecule has 0 saturated carbocycles. The minimum atomic E-state index is -2.83. The summed E-state index contributed by atoms with van der Waals surface area (Å²) in [6.07, 6.45) is -2.61. The van der Waals surface area contributed by atoms with E-state index in [0.29, 0.717) is 0 Å². The van der Waals surface area contributed by atoms with Crippen molar-refractivity contribution in [2.75, 3.05) is 0 Å². The number of carbonyl (C=O) groups is 8. The van der Waals surface area contributed by atoms with Gasteiger partial charge in [-0.05, 0) is 25.7 Å². The number of aliphatic hydroxyl groups is 2. The zero-order chi connectivity index (χ0) is 36.3. The van der Waals surface area contributed by atoms with Crippen molar-refractivity contribution in [2.45, 2.75) is 104 Å². The van der Waals surface area contributed by atoms with Crippen LogP contribution in [0.25, 0.3) is 0 Å². The van der Waals surface area contributed by atoms with Crippen molar-refractivity contribution in [3.63, 3.8) is 0 Å². The summed E-state index contributed by atoms with van der Waals surface area (Å²) in [4.78, 5) is 84.4. The highest BCUT2D eigenvalue weighted by molar-refractivity contribution is 5.93. The average molecular weight is 645 g/mol. The number of carboxylic acids is 8. The maximum absolute atomic E-state index is 11.2. The van der Waals surface area contributed by atoms with E-state index in [2.05, 4.69) is 0 Å². The van der Waals surface area contributed by atoms with E-state index < -0.39 is 82.6 Å². The highest BCUT2D eigenvalue weighted by atomic mass is 16.4. The molecule has 18 heteroatoms. The summed E-state index contributed by atoms with van der Waals surface area (Å²) in [5.74, 6) is -11.3. The first-order valence-electron chi connectivity index (χ1n) is 13.1. The predicted octanol–water partition coefficient (Wildman–Crippen LogP) is 1.30. The van der Waals surface area contributed by atoms with Crippen LogP contribution < -0.4 is 0 Å². The predicted molar refractivity (Wildman–Crippen MR) is 147 cm³/mol. The molecule has 2 atom stereocenters. The van der Waals surface area contributed by atoms with Gasteiger partial charge in [-0.1, -0.05) is 41.5 Å². The lowest BCUT2D eigenvalue weighted by Gasteiger charge is -2.39. The summed E-state index contributed by atoms with van der Waals surface area (Å²) in [5.41, 5.74) is -9.68. The van der Waals surface area contributed by atoms with E-state index >= 15 is 0 Å². The van der Waals surface area contributed by atoms with Crippen LogP contribution in [0.2, 0.25) is 0 Å². The zero-order valence-corrected chi connectivity index (χ0v) is 25.4. The molecule has 0 radical (unpaired) electrons. The third-order valence-corrected chi connectivity index (χ3v) is 6.94. The van der Waals surface area contributed by atoms with Crippen molar-refractivity contribution in [3.8, 4) is 0 Å². The van der Waals surface area contributed by atoms with Gasteiger partial charge in [0.1, 0.15) is 10.8 Å². The van der Waals surface area contributed by atoms with Crippen molar-refractivity contribution >= 4 is 47.8 Å². The van der Waals surface area contributed by atoms with Gasteiger partial charge < -0.3 is 51.1 Å². The maximum atomic E-state index is 11.2. The van der Waals surface area contributed by atoms with Crippen LogP contribution in [0.5, 0.6) is 0 Å². The number of aliphatic carboxylic acids is 8. The second-order valence-corrected chi connectivity index (χ2v) is 9.16. The number of rotatable bonds is 16. The third kappa shape index (κ3) is 12.5. The van der Waals surface area contributed by atoms with Crippen LogP contribution in [0, 0.1) is 10.8 Å². The van der Waals surface area contributed by atoms with Gasteiger partial charge in [-0.15, -0.1) is 0 Å². The summed E-state index contributed by atoms with van der Waals surface area (Å²) in [6, 6.07) is 0. The highest BCUT2D eigenvalue weighted by Crippen LogP contribution is 2.42. The van der Waals surface area contributed by atoms with E-state index in [1.807, 2.05) is 0 Å². The average Bonchev–Trinajstić information content (AvgIpc) is 2.90. The molecular formula is C26H44O18. The molecule has 0 fully saturated rings. The summed E-state index contributed by atoms with van der Waals surface area (Å²) >= 11 is 0. The van der Waals surface area contributed by atoms with Crippen LogP contribution in [-0.2, 0) is 38.4 Å². The van der Waals surface area contributed by atoms with Gasteiger partial charge in [-0.2, -0.15) is 0 Å². The molecule has 0 aromatic heterocycles. The van der Waals surface area contributed by atoms with Gasteiger partial charge in [0.2, 0.25) is 0 Å². The molecule has 0 bridgehead atoms. The van der Waals surface area contributed by atoms with Gasteiger partial charge in [0.25, 0.3) is 0 Å². The molecule has 0 aliphatic heterocycles. The van der Waals surface area contributed by atoms with Gasteiger partial charge in [-0.25, -0.2) is 9.59 Å². The van der Waals surface area contributed by atoms with Crippen molar-refractivity contribution in [3.05, 3.63) is 0 Å². The molecular weight excluding hydrogens is 600 g/mol. The first-order chi connectivity index (χ1) is 19.9. The monoisotopic (exact) mass is 644 g/mol. The van der Waals surface area contributed by atoms with E-state index in [1.165, 1.54) is 27.7 Å². The lowest BCUT2D eigenvalue weighted by molar-refractivity contribution is -0.195. The summed E-state index contributed by atoms with van der Waals surface area (Å²) in [7, 11) is 0. The normalized spacial score (nSPS) is 13.3. The van der Waals surface area contributed by atoms with E-state index in [1.54, 1.807) is 13.8 Å². The second kappa shape index (κ2) is 20.6. The number of hydrogen-bond donors (Lipinski definition) is 10. The molecule has 2 unspecified atom stereocenters. The van der Waals surface area contributed by atoms with Crippen LogP contribution in [0.3, 0.4) is 0 Å². The summed E-state index contributed by atoms with van der Waals surface area (Å²) < 4.78 is 0. The fourth-order valence-corrected chi connectivity index (χ4v) is 3.97. The minimum absolute atomic E-state index is 0.186. The van der Waals surface area contributed by atoms with Crippen LogP contribution in [0.4, 0.5) is 0 Å². The zero-order valence-electron chi connectivity index (χ0n) is 25.4. The smallest absolute Gasteiger partial charge is 0.337 e. The van der Waals surface area contributed by atoms with E-state index in [0.717, 1.165) is 0 Å². The Labute approximate surface area is 252 Å². The SMILES string of the molecule is CCC(=O)O.CCC(=O)O.CCC(CC)(C(=O)O)C(O)(CC(=O)O)C(=O)O.CCC(CC)(C(=O)O)C(O)(CC(=O)O)C(=O)O. The molecule has 0 aliphatic rings. The molecule has 0 amide bonds. The van der Waals surface area contributed by atoms with Crippen molar-refractivity contribution in [1.29, 1.82) is 0 Å². The minimum Gasteiger partial charge on any atom is -0.481 e. The molecule has 256 valence electrons. The van der Waals surface area contributed by atoms with Crippen LogP contribution >= 0.6 is 0 Å². The van der Waals surface area contributed by atoms with E-state index in [-0.39, 0.29) is 38.5 Å². The van der Waals surface area contributed by atoms with Gasteiger partial charge in [0.05, 0.1) is 12.8 Å². The molecule has 0 aliphatic carbocycles. The topological polar surface area (TPSA) is 339 Å². The Morgan fingerprint density at radius 2 is 0.568 bits per heavy atom. The van der Waals surface area contributed by atoms with E-state index in [4.69, 9.17) is 40.9 Å². The Morgan fingerprint density at radius 3 is 0.636 bits per heavy atom. The van der Waals surface area contributed by atoms with Gasteiger partial charge in [-0.3, -0.25) is 28.8 Å². The van der Waals surface area contributed by atoms with Gasteiger partial charge in [0, 0.05) is 12.8 Å². The molecule has 0 saturated heterocycles. The van der Waals surface area contributed by atoms with Crippen LogP contribution in [-0.4, -0.2) is 110 Å². The van der Waals surface area contributed by atoms with Gasteiger partial charge >= 0.3 is 47.8 Å². The fraction of sp³-hybridized carbons (Fsp3) is 0.692.